The van der Waals surface area contributed by atoms with E-state index >= 15 is 0 Å². The van der Waals surface area contributed by atoms with Crippen LogP contribution in [0.25, 0.3) is 11.2 Å². The maximum absolute atomic E-state index is 5.08. The zero-order chi connectivity index (χ0) is 10.3. The van der Waals surface area contributed by atoms with Crippen LogP contribution in [0.5, 0.6) is 0 Å². The van der Waals surface area contributed by atoms with Crippen molar-refractivity contribution in [3.8, 4) is 0 Å². The van der Waals surface area contributed by atoms with E-state index in [1.165, 1.54) is 0 Å². The summed E-state index contributed by atoms with van der Waals surface area (Å²) in [6.07, 6.45) is 7.14. The molecular weight excluding hydrogens is 210 g/mol. The lowest BCUT2D eigenvalue weighted by Crippen LogP contribution is -2.05. The van der Waals surface area contributed by atoms with Crippen molar-refractivity contribution in [1.29, 1.82) is 0 Å². The van der Waals surface area contributed by atoms with E-state index in [0.29, 0.717) is 10.2 Å². The second-order valence-electron chi connectivity index (χ2n) is 3.06. The maximum Gasteiger partial charge on any atom is 0.161 e. The van der Waals surface area contributed by atoms with Crippen LogP contribution >= 0.6 is 12.2 Å². The van der Waals surface area contributed by atoms with Crippen LogP contribution < -0.4 is 0 Å². The predicted octanol–water partition coefficient (Wildman–Crippen LogP) is 1.60. The highest BCUT2D eigenvalue weighted by Crippen LogP contribution is 2.09. The lowest BCUT2D eigenvalue weighted by atomic mass is 10.6. The lowest BCUT2D eigenvalue weighted by Gasteiger charge is -2.03. The molecule has 3 aromatic rings. The Morgan fingerprint density at radius 1 is 1.20 bits per heavy atom. The molecule has 3 rings (SSSR count). The van der Waals surface area contributed by atoms with Crippen LogP contribution in [0.2, 0.25) is 0 Å². The molecule has 0 aliphatic heterocycles. The fourth-order valence-corrected chi connectivity index (χ4v) is 1.69. The summed E-state index contributed by atoms with van der Waals surface area (Å²) in [4.78, 5) is 11.2. The van der Waals surface area contributed by atoms with Crippen molar-refractivity contribution in [2.45, 2.75) is 0 Å². The molecule has 0 bridgehead atoms. The Labute approximate surface area is 90.0 Å². The molecule has 3 aromatic heterocycles. The van der Waals surface area contributed by atoms with E-state index in [2.05, 4.69) is 15.0 Å². The maximum atomic E-state index is 5.08. The minimum absolute atomic E-state index is 0.509. The van der Waals surface area contributed by atoms with Gasteiger partial charge in [-0.05, 0) is 12.1 Å². The number of H-pyrrole nitrogens is 1. The molecule has 0 aromatic carbocycles. The van der Waals surface area contributed by atoms with Gasteiger partial charge in [0.1, 0.15) is 11.8 Å². The molecule has 0 spiro atoms. The summed E-state index contributed by atoms with van der Waals surface area (Å²) in [5, 5.41) is 0. The Bertz CT molecular complexity index is 649. The van der Waals surface area contributed by atoms with Crippen molar-refractivity contribution in [3.05, 3.63) is 41.8 Å². The average molecular weight is 217 g/mol. The number of hydrogen-bond donors (Lipinski definition) is 1. The van der Waals surface area contributed by atoms with Crippen LogP contribution in [-0.2, 0) is 0 Å². The number of nitrogens with one attached hydrogen (secondary N) is 1. The molecule has 0 aliphatic rings. The minimum atomic E-state index is 0.509. The van der Waals surface area contributed by atoms with E-state index in [1.54, 1.807) is 12.7 Å². The molecule has 6 heteroatoms. The Balaban J connectivity index is 2.39. The quantitative estimate of drug-likeness (QED) is 0.630. The molecular formula is C9H7N5S. The van der Waals surface area contributed by atoms with Gasteiger partial charge >= 0.3 is 0 Å². The summed E-state index contributed by atoms with van der Waals surface area (Å²) >= 11 is 5.08. The van der Waals surface area contributed by atoms with Crippen molar-refractivity contribution in [3.63, 3.8) is 0 Å². The zero-order valence-corrected chi connectivity index (χ0v) is 8.48. The van der Waals surface area contributed by atoms with Crippen LogP contribution in [0.1, 0.15) is 0 Å². The summed E-state index contributed by atoms with van der Waals surface area (Å²) in [7, 11) is 0. The number of fused-ring (bicyclic) bond motifs is 1. The van der Waals surface area contributed by atoms with Crippen molar-refractivity contribution in [1.82, 2.24) is 24.3 Å². The summed E-state index contributed by atoms with van der Waals surface area (Å²) in [5.41, 5.74) is 1.55. The molecule has 0 saturated carbocycles. The van der Waals surface area contributed by atoms with Gasteiger partial charge in [0.15, 0.2) is 10.3 Å². The molecule has 5 nitrogen and oxygen atoms in total. The number of hydrogen-bond acceptors (Lipinski definition) is 3. The third-order valence-electron chi connectivity index (χ3n) is 2.17. The van der Waals surface area contributed by atoms with E-state index < -0.39 is 0 Å². The SMILES string of the molecule is S=c1nc[nH]c2c1ncn2-n1cccc1. The smallest absolute Gasteiger partial charge is 0.161 e. The first-order valence-electron chi connectivity index (χ1n) is 4.40. The molecule has 0 aliphatic carbocycles. The van der Waals surface area contributed by atoms with Crippen molar-refractivity contribution in [2.75, 3.05) is 0 Å². The van der Waals surface area contributed by atoms with Gasteiger partial charge in [0.25, 0.3) is 0 Å². The molecule has 0 fully saturated rings. The van der Waals surface area contributed by atoms with Gasteiger partial charge in [0.2, 0.25) is 0 Å². The van der Waals surface area contributed by atoms with Crippen LogP contribution in [-0.4, -0.2) is 24.3 Å². The third kappa shape index (κ3) is 1.18. The van der Waals surface area contributed by atoms with Gasteiger partial charge in [-0.2, -0.15) is 0 Å². The number of imidazole rings is 1. The zero-order valence-electron chi connectivity index (χ0n) is 7.66. The number of aromatic nitrogens is 5. The van der Waals surface area contributed by atoms with Crippen LogP contribution in [0.4, 0.5) is 0 Å². The van der Waals surface area contributed by atoms with E-state index in [4.69, 9.17) is 12.2 Å². The predicted molar refractivity (Wildman–Crippen MR) is 57.9 cm³/mol. The summed E-state index contributed by atoms with van der Waals surface area (Å²) in [6.45, 7) is 0. The first-order chi connectivity index (χ1) is 7.36. The molecule has 15 heavy (non-hydrogen) atoms. The fraction of sp³-hybridized carbons (Fsp3) is 0. The fourth-order valence-electron chi connectivity index (χ4n) is 1.49. The Hall–Kier alpha value is -1.95. The third-order valence-corrected chi connectivity index (χ3v) is 2.47. The van der Waals surface area contributed by atoms with E-state index in [-0.39, 0.29) is 0 Å². The second kappa shape index (κ2) is 3.03. The number of nitrogens with zero attached hydrogens (tertiary/aromatic N) is 4. The van der Waals surface area contributed by atoms with Crippen molar-refractivity contribution < 1.29 is 0 Å². The molecule has 0 saturated heterocycles. The highest BCUT2D eigenvalue weighted by atomic mass is 32.1. The minimum Gasteiger partial charge on any atom is -0.329 e. The van der Waals surface area contributed by atoms with Gasteiger partial charge in [0, 0.05) is 12.4 Å². The first-order valence-corrected chi connectivity index (χ1v) is 4.81. The Morgan fingerprint density at radius 2 is 2.00 bits per heavy atom. The summed E-state index contributed by atoms with van der Waals surface area (Å²) in [5.74, 6) is 0. The molecule has 1 N–H and O–H groups in total. The van der Waals surface area contributed by atoms with Crippen LogP contribution in [0.3, 0.4) is 0 Å². The van der Waals surface area contributed by atoms with E-state index in [1.807, 2.05) is 33.9 Å². The van der Waals surface area contributed by atoms with Gasteiger partial charge in [-0.1, -0.05) is 12.2 Å². The van der Waals surface area contributed by atoms with E-state index in [9.17, 15) is 0 Å². The summed E-state index contributed by atoms with van der Waals surface area (Å²) in [6, 6.07) is 3.89. The monoisotopic (exact) mass is 217 g/mol. The lowest BCUT2D eigenvalue weighted by molar-refractivity contribution is 0.678. The van der Waals surface area contributed by atoms with Crippen LogP contribution in [0, 0.1) is 4.64 Å². The van der Waals surface area contributed by atoms with Gasteiger partial charge in [0.05, 0.1) is 6.33 Å². The highest BCUT2D eigenvalue weighted by Gasteiger charge is 2.04. The molecule has 74 valence electrons. The van der Waals surface area contributed by atoms with Gasteiger partial charge < -0.3 is 4.98 Å². The molecule has 3 heterocycles. The topological polar surface area (TPSA) is 51.4 Å². The van der Waals surface area contributed by atoms with Gasteiger partial charge in [-0.15, -0.1) is 0 Å². The first kappa shape index (κ1) is 8.37. The molecule has 0 atom stereocenters. The van der Waals surface area contributed by atoms with Crippen molar-refractivity contribution >= 4 is 23.4 Å². The summed E-state index contributed by atoms with van der Waals surface area (Å²) < 4.78 is 4.28. The normalized spacial score (nSPS) is 10.9. The molecule has 0 amide bonds. The van der Waals surface area contributed by atoms with Gasteiger partial charge in [-0.25, -0.2) is 14.6 Å². The highest BCUT2D eigenvalue weighted by molar-refractivity contribution is 7.71. The van der Waals surface area contributed by atoms with Crippen molar-refractivity contribution in [2.24, 2.45) is 0 Å². The molecule has 0 radical (unpaired) electrons. The standard InChI is InChI=1S/C9H7N5S/c15-9-7-8(10-5-11-9)14(6-12-7)13-3-1-2-4-13/h1-6H,(H,10,11,15). The van der Waals surface area contributed by atoms with Gasteiger partial charge in [-0.3, -0.25) is 4.68 Å². The van der Waals surface area contributed by atoms with Crippen LogP contribution in [0.15, 0.2) is 37.2 Å². The average Bonchev–Trinajstić information content (AvgIpc) is 2.85. The Kier molecular flexibility index (Phi) is 1.69. The van der Waals surface area contributed by atoms with E-state index in [0.717, 1.165) is 5.65 Å². The number of aromatic amines is 1. The molecule has 0 unspecified atom stereocenters. The second-order valence-corrected chi connectivity index (χ2v) is 3.44. The number of rotatable bonds is 1. The largest absolute Gasteiger partial charge is 0.329 e. The Morgan fingerprint density at radius 3 is 2.80 bits per heavy atom.